The Morgan fingerprint density at radius 1 is 1.40 bits per heavy atom. The molecule has 0 bridgehead atoms. The summed E-state index contributed by atoms with van der Waals surface area (Å²) in [4.78, 5) is 11.3. The quantitative estimate of drug-likeness (QED) is 0.838. The second kappa shape index (κ2) is 4.12. The van der Waals surface area contributed by atoms with Crippen molar-refractivity contribution in [1.29, 1.82) is 0 Å². The highest BCUT2D eigenvalue weighted by molar-refractivity contribution is 7.82. The lowest BCUT2D eigenvalue weighted by Gasteiger charge is -2.28. The van der Waals surface area contributed by atoms with E-state index >= 15 is 0 Å². The minimum absolute atomic E-state index is 0.182. The van der Waals surface area contributed by atoms with E-state index < -0.39 is 17.0 Å². The molecule has 1 aliphatic heterocycles. The molecule has 4 nitrogen and oxygen atoms in total. The highest BCUT2D eigenvalue weighted by Crippen LogP contribution is 2.18. The van der Waals surface area contributed by atoms with Crippen LogP contribution in [0.25, 0.3) is 0 Å². The first-order chi connectivity index (χ1) is 7.18. The van der Waals surface area contributed by atoms with Gasteiger partial charge in [-0.3, -0.25) is 0 Å². The Balaban J connectivity index is 2.23. The van der Waals surface area contributed by atoms with Gasteiger partial charge in [0.25, 0.3) is 0 Å². The summed E-state index contributed by atoms with van der Waals surface area (Å²) >= 11 is 0. The predicted molar refractivity (Wildman–Crippen MR) is 56.0 cm³/mol. The molecule has 1 aromatic carbocycles. The lowest BCUT2D eigenvalue weighted by molar-refractivity contribution is 0.0696. The van der Waals surface area contributed by atoms with Crippen LogP contribution in [0.3, 0.4) is 0 Å². The van der Waals surface area contributed by atoms with Crippen molar-refractivity contribution in [2.75, 3.05) is 13.1 Å². The van der Waals surface area contributed by atoms with Gasteiger partial charge in [0, 0.05) is 13.1 Å². The third kappa shape index (κ3) is 2.08. The number of nitrogens with zero attached hydrogens (tertiary/aromatic N) is 1. The molecule has 0 spiro atoms. The Kier molecular flexibility index (Phi) is 2.83. The van der Waals surface area contributed by atoms with E-state index in [0.29, 0.717) is 4.90 Å². The summed E-state index contributed by atoms with van der Waals surface area (Å²) in [5, 5.41) is 8.79. The topological polar surface area (TPSA) is 57.6 Å². The number of carboxylic acid groups (broad SMARTS) is 1. The average molecular weight is 225 g/mol. The van der Waals surface area contributed by atoms with Crippen molar-refractivity contribution in [2.24, 2.45) is 0 Å². The Morgan fingerprint density at radius 2 is 2.13 bits per heavy atom. The van der Waals surface area contributed by atoms with Crippen LogP contribution >= 0.6 is 0 Å². The van der Waals surface area contributed by atoms with Gasteiger partial charge in [0.2, 0.25) is 0 Å². The second-order valence-electron chi connectivity index (χ2n) is 3.36. The van der Waals surface area contributed by atoms with Crippen molar-refractivity contribution in [3.63, 3.8) is 0 Å². The van der Waals surface area contributed by atoms with Crippen molar-refractivity contribution >= 4 is 17.0 Å². The summed E-state index contributed by atoms with van der Waals surface area (Å²) in [6.07, 6.45) is 1.06. The molecule has 15 heavy (non-hydrogen) atoms. The van der Waals surface area contributed by atoms with Crippen LogP contribution in [0.2, 0.25) is 0 Å². The predicted octanol–water partition coefficient (Wildman–Crippen LogP) is 1.11. The third-order valence-corrected chi connectivity index (χ3v) is 3.82. The fraction of sp³-hybridized carbons (Fsp3) is 0.300. The van der Waals surface area contributed by atoms with E-state index in [-0.39, 0.29) is 5.56 Å². The maximum absolute atomic E-state index is 11.8. The molecule has 1 fully saturated rings. The molecule has 1 heterocycles. The van der Waals surface area contributed by atoms with E-state index in [1.54, 1.807) is 12.1 Å². The molecule has 80 valence electrons. The molecule has 0 amide bonds. The third-order valence-electron chi connectivity index (χ3n) is 2.33. The molecule has 1 N–H and O–H groups in total. The zero-order chi connectivity index (χ0) is 10.8. The summed E-state index contributed by atoms with van der Waals surface area (Å²) in [5.41, 5.74) is 0.182. The number of hydrogen-bond donors (Lipinski definition) is 1. The summed E-state index contributed by atoms with van der Waals surface area (Å²) in [7, 11) is -1.20. The molecule has 0 saturated carbocycles. The lowest BCUT2D eigenvalue weighted by Crippen LogP contribution is -2.38. The summed E-state index contributed by atoms with van der Waals surface area (Å²) in [6.45, 7) is 1.65. The van der Waals surface area contributed by atoms with Crippen molar-refractivity contribution in [3.8, 4) is 0 Å². The molecule has 1 aliphatic rings. The van der Waals surface area contributed by atoms with Gasteiger partial charge < -0.3 is 5.11 Å². The monoisotopic (exact) mass is 225 g/mol. The van der Waals surface area contributed by atoms with E-state index in [4.69, 9.17) is 5.11 Å². The minimum Gasteiger partial charge on any atom is -0.478 e. The first kappa shape index (κ1) is 10.3. The molecular weight excluding hydrogens is 214 g/mol. The number of carboxylic acids is 1. The molecule has 2 rings (SSSR count). The van der Waals surface area contributed by atoms with Crippen molar-refractivity contribution in [3.05, 3.63) is 29.8 Å². The van der Waals surface area contributed by atoms with Gasteiger partial charge in [-0.1, -0.05) is 6.07 Å². The van der Waals surface area contributed by atoms with Crippen LogP contribution in [-0.2, 0) is 11.0 Å². The Hall–Kier alpha value is -1.20. The van der Waals surface area contributed by atoms with Gasteiger partial charge >= 0.3 is 5.97 Å². The van der Waals surface area contributed by atoms with Gasteiger partial charge in [0.15, 0.2) is 0 Å². The molecule has 0 aromatic heterocycles. The van der Waals surface area contributed by atoms with Crippen molar-refractivity contribution in [1.82, 2.24) is 4.31 Å². The molecule has 1 saturated heterocycles. The standard InChI is InChI=1S/C10H11NO3S/c12-10(13)8-3-1-4-9(7-8)15(14)11-5-2-6-11/h1,3-4,7H,2,5-6H2,(H,12,13). The summed E-state index contributed by atoms with van der Waals surface area (Å²) in [6, 6.07) is 6.28. The van der Waals surface area contributed by atoms with Crippen LogP contribution in [-0.4, -0.2) is 32.7 Å². The number of benzene rings is 1. The molecule has 0 radical (unpaired) electrons. The van der Waals surface area contributed by atoms with Crippen molar-refractivity contribution < 1.29 is 14.1 Å². The smallest absolute Gasteiger partial charge is 0.335 e. The fourth-order valence-electron chi connectivity index (χ4n) is 1.34. The van der Waals surface area contributed by atoms with Gasteiger partial charge in [0.1, 0.15) is 11.0 Å². The van der Waals surface area contributed by atoms with E-state index in [1.165, 1.54) is 12.1 Å². The zero-order valence-corrected chi connectivity index (χ0v) is 8.87. The van der Waals surface area contributed by atoms with E-state index in [9.17, 15) is 9.00 Å². The summed E-state index contributed by atoms with van der Waals surface area (Å²) in [5.74, 6) is -0.988. The van der Waals surface area contributed by atoms with Crippen LogP contribution in [0.4, 0.5) is 0 Å². The van der Waals surface area contributed by atoms with Crippen LogP contribution in [0.1, 0.15) is 16.8 Å². The highest BCUT2D eigenvalue weighted by atomic mass is 32.2. The van der Waals surface area contributed by atoms with Crippen LogP contribution in [0, 0.1) is 0 Å². The molecule has 5 heteroatoms. The Labute approximate surface area is 90.1 Å². The molecular formula is C10H11NO3S. The average Bonchev–Trinajstić information content (AvgIpc) is 2.15. The van der Waals surface area contributed by atoms with E-state index in [1.807, 2.05) is 4.31 Å². The van der Waals surface area contributed by atoms with E-state index in [0.717, 1.165) is 19.5 Å². The van der Waals surface area contributed by atoms with Gasteiger partial charge in [0.05, 0.1) is 10.5 Å². The van der Waals surface area contributed by atoms with Gasteiger partial charge in [-0.15, -0.1) is 0 Å². The lowest BCUT2D eigenvalue weighted by atomic mass is 10.2. The van der Waals surface area contributed by atoms with Gasteiger partial charge in [-0.05, 0) is 24.6 Å². The minimum atomic E-state index is -1.20. The molecule has 1 atom stereocenters. The van der Waals surface area contributed by atoms with Gasteiger partial charge in [-0.2, -0.15) is 0 Å². The normalized spacial score (nSPS) is 18.1. The van der Waals surface area contributed by atoms with Crippen LogP contribution < -0.4 is 0 Å². The zero-order valence-electron chi connectivity index (χ0n) is 8.05. The van der Waals surface area contributed by atoms with Crippen LogP contribution in [0.5, 0.6) is 0 Å². The van der Waals surface area contributed by atoms with E-state index in [2.05, 4.69) is 0 Å². The largest absolute Gasteiger partial charge is 0.478 e. The molecule has 0 aliphatic carbocycles. The maximum Gasteiger partial charge on any atom is 0.335 e. The Morgan fingerprint density at radius 3 is 2.67 bits per heavy atom. The number of aromatic carboxylic acids is 1. The number of rotatable bonds is 3. The summed E-state index contributed by atoms with van der Waals surface area (Å²) < 4.78 is 13.7. The number of carbonyl (C=O) groups is 1. The maximum atomic E-state index is 11.8. The second-order valence-corrected chi connectivity index (χ2v) is 4.85. The fourth-order valence-corrected chi connectivity index (χ4v) is 2.65. The first-order valence-corrected chi connectivity index (χ1v) is 5.79. The first-order valence-electron chi connectivity index (χ1n) is 4.68. The van der Waals surface area contributed by atoms with Gasteiger partial charge in [-0.25, -0.2) is 13.3 Å². The highest BCUT2D eigenvalue weighted by Gasteiger charge is 2.21. The van der Waals surface area contributed by atoms with Crippen LogP contribution in [0.15, 0.2) is 29.2 Å². The SMILES string of the molecule is O=C(O)c1cccc(S(=O)N2CCC2)c1. The molecule has 1 unspecified atom stereocenters. The van der Waals surface area contributed by atoms with Crippen molar-refractivity contribution in [2.45, 2.75) is 11.3 Å². The Bertz CT molecular complexity index is 415. The number of hydrogen-bond acceptors (Lipinski definition) is 2. The molecule has 1 aromatic rings.